The zero-order valence-electron chi connectivity index (χ0n) is 25.4. The molecule has 1 rings (SSSR count). The highest BCUT2D eigenvalue weighted by Gasteiger charge is 2.37. The Balaban J connectivity index is 3.99. The molecule has 1 aromatic rings. The van der Waals surface area contributed by atoms with Crippen LogP contribution in [0.15, 0.2) is 65.8 Å². The molecule has 1 aromatic carbocycles. The van der Waals surface area contributed by atoms with Gasteiger partial charge in [0, 0.05) is 36.2 Å². The van der Waals surface area contributed by atoms with Crippen LogP contribution in [0.25, 0.3) is 11.6 Å². The Morgan fingerprint density at radius 1 is 1.16 bits per heavy atom. The molecule has 2 unspecified atom stereocenters. The van der Waals surface area contributed by atoms with Crippen molar-refractivity contribution in [2.24, 2.45) is 16.7 Å². The molecule has 2 atom stereocenters. The lowest BCUT2D eigenvalue weighted by atomic mass is 9.72. The Labute approximate surface area is 226 Å². The van der Waals surface area contributed by atoms with Crippen LogP contribution in [0.1, 0.15) is 67.9 Å². The van der Waals surface area contributed by atoms with Crippen molar-refractivity contribution in [1.82, 2.24) is 4.90 Å². The van der Waals surface area contributed by atoms with Crippen LogP contribution in [0.5, 0.6) is 0 Å². The first kappa shape index (κ1) is 32.3. The lowest BCUT2D eigenvalue weighted by Crippen LogP contribution is -2.43. The summed E-state index contributed by atoms with van der Waals surface area (Å²) in [5.41, 5.74) is 4.14. The summed E-state index contributed by atoms with van der Waals surface area (Å²) in [6.45, 7) is 25.2. The molecule has 206 valence electrons. The largest absolute Gasteiger partial charge is 0.508 e. The maximum absolute atomic E-state index is 9.84. The number of benzene rings is 1. The minimum atomic E-state index is -0.356. The van der Waals surface area contributed by atoms with E-state index in [4.69, 9.17) is 4.74 Å². The van der Waals surface area contributed by atoms with E-state index in [2.05, 4.69) is 104 Å². The van der Waals surface area contributed by atoms with Gasteiger partial charge < -0.3 is 19.8 Å². The van der Waals surface area contributed by atoms with Gasteiger partial charge in [-0.05, 0) is 63.5 Å². The number of nitrogens with zero attached hydrogens (tertiary/aromatic N) is 1. The fourth-order valence-corrected chi connectivity index (χ4v) is 5.01. The van der Waals surface area contributed by atoms with Crippen molar-refractivity contribution >= 4 is 11.6 Å². The predicted octanol–water partition coefficient (Wildman–Crippen LogP) is 6.40. The Morgan fingerprint density at radius 2 is 1.76 bits per heavy atom. The summed E-state index contributed by atoms with van der Waals surface area (Å²) >= 11 is 0. The molecule has 4 heteroatoms. The third-order valence-corrected chi connectivity index (χ3v) is 8.11. The summed E-state index contributed by atoms with van der Waals surface area (Å²) in [4.78, 5) is 2.08. The third-order valence-electron chi connectivity index (χ3n) is 8.11. The van der Waals surface area contributed by atoms with E-state index in [1.54, 1.807) is 13.2 Å². The average Bonchev–Trinajstić information content (AvgIpc) is 2.81. The van der Waals surface area contributed by atoms with Gasteiger partial charge in [-0.1, -0.05) is 81.3 Å². The smallest absolute Gasteiger partial charge is 0.112 e. The van der Waals surface area contributed by atoms with Crippen molar-refractivity contribution in [2.45, 2.75) is 75.3 Å². The van der Waals surface area contributed by atoms with Gasteiger partial charge in [-0.3, -0.25) is 0 Å². The quantitative estimate of drug-likeness (QED) is 0.206. The van der Waals surface area contributed by atoms with E-state index in [1.807, 2.05) is 20.2 Å². The fourth-order valence-electron chi connectivity index (χ4n) is 5.01. The molecule has 0 spiro atoms. The SMILES string of the molecule is C=C(O)/C(C)=C\N(C)C(C)C(/C(=C/CO)OC)C(C)(C)/C=c1/cc(C)cc/c1=C(/C)C(C)(C)/C(C)=C/C. The molecular formula is C33H51NO3. The van der Waals surface area contributed by atoms with E-state index in [1.165, 1.54) is 27.1 Å². The molecule has 2 N–H and O–H groups in total. The van der Waals surface area contributed by atoms with Gasteiger partial charge >= 0.3 is 0 Å². The van der Waals surface area contributed by atoms with Crippen molar-refractivity contribution in [1.29, 1.82) is 0 Å². The summed E-state index contributed by atoms with van der Waals surface area (Å²) in [5, 5.41) is 22.1. The molecule has 0 amide bonds. The topological polar surface area (TPSA) is 52.9 Å². The van der Waals surface area contributed by atoms with Gasteiger partial charge in [0.1, 0.15) is 5.76 Å². The number of ether oxygens (including phenoxy) is 1. The van der Waals surface area contributed by atoms with E-state index >= 15 is 0 Å². The van der Waals surface area contributed by atoms with Crippen molar-refractivity contribution in [3.63, 3.8) is 0 Å². The second kappa shape index (κ2) is 13.2. The fraction of sp³-hybridized carbons (Fsp3) is 0.515. The summed E-state index contributed by atoms with van der Waals surface area (Å²) in [7, 11) is 3.65. The lowest BCUT2D eigenvalue weighted by molar-refractivity contribution is 0.122. The van der Waals surface area contributed by atoms with Gasteiger partial charge in [0.05, 0.1) is 19.5 Å². The Morgan fingerprint density at radius 3 is 2.24 bits per heavy atom. The molecule has 0 heterocycles. The zero-order valence-corrected chi connectivity index (χ0v) is 25.4. The van der Waals surface area contributed by atoms with Gasteiger partial charge in [-0.2, -0.15) is 0 Å². The van der Waals surface area contributed by atoms with Crippen molar-refractivity contribution in [3.8, 4) is 0 Å². The monoisotopic (exact) mass is 509 g/mol. The van der Waals surface area contributed by atoms with Crippen LogP contribution >= 0.6 is 0 Å². The molecule has 0 aliphatic rings. The van der Waals surface area contributed by atoms with Gasteiger partial charge in [0.2, 0.25) is 0 Å². The standard InChI is InChI=1S/C33H51NO3/c1-14-24(4)33(10,11)25(5)29-16-15-22(2)19-28(29)20-32(8,9)31(30(37-13)17-18-35)26(6)34(12)21-23(3)27(7)36/h14-17,19-21,26,31,35-36H,7,18H2,1-6,8-13H3/b23-21-,24-14+,28-20-,29-25+,30-17-. The van der Waals surface area contributed by atoms with Crippen LogP contribution in [0.4, 0.5) is 0 Å². The van der Waals surface area contributed by atoms with Crippen LogP contribution in [0.2, 0.25) is 0 Å². The number of rotatable bonds is 11. The maximum Gasteiger partial charge on any atom is 0.112 e. The molecule has 37 heavy (non-hydrogen) atoms. The summed E-state index contributed by atoms with van der Waals surface area (Å²) in [5.74, 6) is 0.690. The van der Waals surface area contributed by atoms with Crippen LogP contribution in [0, 0.1) is 23.7 Å². The van der Waals surface area contributed by atoms with E-state index in [9.17, 15) is 10.2 Å². The summed E-state index contributed by atoms with van der Waals surface area (Å²) < 4.78 is 5.86. The minimum absolute atomic E-state index is 0.0154. The first-order valence-electron chi connectivity index (χ1n) is 13.1. The number of aliphatic hydroxyl groups excluding tert-OH is 2. The zero-order chi connectivity index (χ0) is 28.7. The number of hydrogen-bond donors (Lipinski definition) is 2. The number of allylic oxidation sites excluding steroid dienone is 3. The van der Waals surface area contributed by atoms with E-state index < -0.39 is 0 Å². The maximum atomic E-state index is 9.84. The van der Waals surface area contributed by atoms with Crippen molar-refractivity contribution < 1.29 is 14.9 Å². The first-order valence-corrected chi connectivity index (χ1v) is 13.1. The number of aliphatic hydroxyl groups is 2. The van der Waals surface area contributed by atoms with Gasteiger partial charge in [-0.15, -0.1) is 0 Å². The van der Waals surface area contributed by atoms with Crippen LogP contribution in [0.3, 0.4) is 0 Å². The van der Waals surface area contributed by atoms with Crippen molar-refractivity contribution in [3.05, 3.63) is 81.8 Å². The molecule has 0 fully saturated rings. The molecular weight excluding hydrogens is 458 g/mol. The van der Waals surface area contributed by atoms with E-state index in [-0.39, 0.29) is 35.2 Å². The number of aryl methyl sites for hydroxylation is 1. The minimum Gasteiger partial charge on any atom is -0.508 e. The molecule has 0 saturated heterocycles. The molecule has 4 nitrogen and oxygen atoms in total. The average molecular weight is 510 g/mol. The second-order valence-corrected chi connectivity index (χ2v) is 11.4. The highest BCUT2D eigenvalue weighted by Crippen LogP contribution is 2.39. The first-order chi connectivity index (χ1) is 17.0. The van der Waals surface area contributed by atoms with E-state index in [0.29, 0.717) is 5.57 Å². The Hall–Kier alpha value is -2.72. The molecule has 0 aliphatic heterocycles. The van der Waals surface area contributed by atoms with E-state index in [0.717, 1.165) is 5.76 Å². The second-order valence-electron chi connectivity index (χ2n) is 11.4. The van der Waals surface area contributed by atoms with Gasteiger partial charge in [0.15, 0.2) is 0 Å². The molecule has 0 aromatic heterocycles. The normalized spacial score (nSPS) is 16.9. The summed E-state index contributed by atoms with van der Waals surface area (Å²) in [6.07, 6.45) is 8.19. The molecule has 0 radical (unpaired) electrons. The van der Waals surface area contributed by atoms with Crippen LogP contribution in [-0.2, 0) is 4.74 Å². The number of methoxy groups -OCH3 is 1. The highest BCUT2D eigenvalue weighted by molar-refractivity contribution is 5.55. The van der Waals surface area contributed by atoms with Crippen LogP contribution < -0.4 is 10.4 Å². The van der Waals surface area contributed by atoms with Crippen molar-refractivity contribution in [2.75, 3.05) is 20.8 Å². The number of hydrogen-bond acceptors (Lipinski definition) is 4. The van der Waals surface area contributed by atoms with Gasteiger partial charge in [-0.25, -0.2) is 0 Å². The Bertz CT molecular complexity index is 1160. The Kier molecular flexibility index (Phi) is 11.5. The van der Waals surface area contributed by atoms with Gasteiger partial charge in [0.25, 0.3) is 0 Å². The molecule has 0 saturated carbocycles. The lowest BCUT2D eigenvalue weighted by Gasteiger charge is -2.41. The molecule has 0 aliphatic carbocycles. The summed E-state index contributed by atoms with van der Waals surface area (Å²) in [6, 6.07) is 6.66. The highest BCUT2D eigenvalue weighted by atomic mass is 16.5. The predicted molar refractivity (Wildman–Crippen MR) is 159 cm³/mol. The molecule has 0 bridgehead atoms. The third kappa shape index (κ3) is 7.88. The van der Waals surface area contributed by atoms with Crippen LogP contribution in [-0.4, -0.2) is 41.9 Å².